The summed E-state index contributed by atoms with van der Waals surface area (Å²) in [5, 5.41) is 32.9. The van der Waals surface area contributed by atoms with E-state index in [-0.39, 0.29) is 6.61 Å². The highest BCUT2D eigenvalue weighted by atomic mass is 16.3. The number of hydrogen-bond acceptors (Lipinski definition) is 4. The molecule has 0 heterocycles. The van der Waals surface area contributed by atoms with Crippen molar-refractivity contribution in [1.82, 2.24) is 5.32 Å². The summed E-state index contributed by atoms with van der Waals surface area (Å²) in [6.45, 7) is 6.51. The van der Waals surface area contributed by atoms with Gasteiger partial charge in [0.15, 0.2) is 0 Å². The Kier molecular flexibility index (Phi) is 28.9. The summed E-state index contributed by atoms with van der Waals surface area (Å²) in [5.74, 6) is 0.366. The summed E-state index contributed by atoms with van der Waals surface area (Å²) in [4.78, 5) is 12.3. The lowest BCUT2D eigenvalue weighted by Gasteiger charge is -2.21. The van der Waals surface area contributed by atoms with Crippen molar-refractivity contribution < 1.29 is 20.1 Å². The third-order valence-corrected chi connectivity index (χ3v) is 8.42. The van der Waals surface area contributed by atoms with E-state index in [9.17, 15) is 20.1 Å². The number of aliphatic hydroxyl groups is 3. The molecule has 4 atom stereocenters. The molecule has 0 radical (unpaired) electrons. The predicted octanol–water partition coefficient (Wildman–Crippen LogP) is 8.78. The highest BCUT2D eigenvalue weighted by Crippen LogP contribution is 2.16. The zero-order valence-corrected chi connectivity index (χ0v) is 26.9. The maximum atomic E-state index is 12.3. The molecule has 0 aromatic rings. The van der Waals surface area contributed by atoms with Gasteiger partial charge in [-0.15, -0.1) is 0 Å². The summed E-state index contributed by atoms with van der Waals surface area (Å²) in [7, 11) is 0. The molecule has 238 valence electrons. The molecule has 0 saturated carbocycles. The van der Waals surface area contributed by atoms with Crippen molar-refractivity contribution >= 4 is 5.91 Å². The summed E-state index contributed by atoms with van der Waals surface area (Å²) in [5.41, 5.74) is 0. The minimum Gasteiger partial charge on any atom is -0.394 e. The molecule has 0 rings (SSSR count). The van der Waals surface area contributed by atoms with Gasteiger partial charge in [-0.05, 0) is 25.2 Å². The van der Waals surface area contributed by atoms with Crippen LogP contribution < -0.4 is 5.32 Å². The SMILES string of the molecule is CCCCCCCCCCCCCCC(O)C(=O)NC(CO)C(O)C=CCCCCCCCCCCC(C)CC. The Morgan fingerprint density at radius 2 is 1.12 bits per heavy atom. The first-order valence-electron chi connectivity index (χ1n) is 17.4. The average Bonchev–Trinajstić information content (AvgIpc) is 2.96. The number of amides is 1. The zero-order chi connectivity index (χ0) is 29.7. The smallest absolute Gasteiger partial charge is 0.249 e. The van der Waals surface area contributed by atoms with Gasteiger partial charge in [-0.3, -0.25) is 4.79 Å². The predicted molar refractivity (Wildman–Crippen MR) is 171 cm³/mol. The zero-order valence-electron chi connectivity index (χ0n) is 26.9. The maximum Gasteiger partial charge on any atom is 0.249 e. The van der Waals surface area contributed by atoms with Gasteiger partial charge in [0.2, 0.25) is 5.91 Å². The topological polar surface area (TPSA) is 89.8 Å². The Labute approximate surface area is 249 Å². The lowest BCUT2D eigenvalue weighted by atomic mass is 9.99. The molecule has 0 spiro atoms. The van der Waals surface area contributed by atoms with Crippen molar-refractivity contribution in [3.8, 4) is 0 Å². The molecule has 0 fully saturated rings. The Bertz CT molecular complexity index is 568. The average molecular weight is 568 g/mol. The third kappa shape index (κ3) is 24.9. The molecule has 1 amide bonds. The van der Waals surface area contributed by atoms with Gasteiger partial charge in [-0.25, -0.2) is 0 Å². The molecule has 0 aromatic carbocycles. The fraction of sp³-hybridized carbons (Fsp3) is 0.914. The van der Waals surface area contributed by atoms with Gasteiger partial charge in [0.1, 0.15) is 6.10 Å². The van der Waals surface area contributed by atoms with Crippen LogP contribution in [-0.2, 0) is 4.79 Å². The standard InChI is InChI=1S/C35H69NO4/c1-4-6-7-8-9-10-11-12-17-20-23-26-29-34(39)35(40)36-32(30-37)33(38)28-25-22-19-16-14-13-15-18-21-24-27-31(3)5-2/h25,28,31-34,37-39H,4-24,26-27,29-30H2,1-3H3,(H,36,40). The molecule has 5 nitrogen and oxygen atoms in total. The second kappa shape index (κ2) is 29.6. The summed E-state index contributed by atoms with van der Waals surface area (Å²) in [6.07, 6.45) is 30.7. The van der Waals surface area contributed by atoms with Crippen LogP contribution in [0.4, 0.5) is 0 Å². The van der Waals surface area contributed by atoms with Crippen molar-refractivity contribution in [2.75, 3.05) is 6.61 Å². The molecule has 0 aliphatic rings. The third-order valence-electron chi connectivity index (χ3n) is 8.42. The van der Waals surface area contributed by atoms with E-state index in [2.05, 4.69) is 26.1 Å². The monoisotopic (exact) mass is 568 g/mol. The normalized spacial score (nSPS) is 14.8. The number of carbonyl (C=O) groups excluding carboxylic acids is 1. The molecule has 40 heavy (non-hydrogen) atoms. The molecule has 0 saturated heterocycles. The van der Waals surface area contributed by atoms with Gasteiger partial charge in [0.05, 0.1) is 18.8 Å². The summed E-state index contributed by atoms with van der Waals surface area (Å²) >= 11 is 0. The van der Waals surface area contributed by atoms with E-state index in [1.807, 2.05) is 6.08 Å². The van der Waals surface area contributed by atoms with Gasteiger partial charge in [0, 0.05) is 0 Å². The first-order valence-corrected chi connectivity index (χ1v) is 17.4. The second-order valence-corrected chi connectivity index (χ2v) is 12.3. The first kappa shape index (κ1) is 39.1. The summed E-state index contributed by atoms with van der Waals surface area (Å²) < 4.78 is 0. The van der Waals surface area contributed by atoms with E-state index in [0.29, 0.717) is 6.42 Å². The Morgan fingerprint density at radius 3 is 1.60 bits per heavy atom. The minimum atomic E-state index is -1.09. The Balaban J connectivity index is 3.79. The maximum absolute atomic E-state index is 12.3. The number of aliphatic hydroxyl groups excluding tert-OH is 3. The largest absolute Gasteiger partial charge is 0.394 e. The molecule has 0 aromatic heterocycles. The number of unbranched alkanes of at least 4 members (excludes halogenated alkanes) is 19. The van der Waals surface area contributed by atoms with Crippen molar-refractivity contribution in [2.24, 2.45) is 5.92 Å². The molecular formula is C35H69NO4. The summed E-state index contributed by atoms with van der Waals surface area (Å²) in [6, 6.07) is -0.791. The van der Waals surface area contributed by atoms with Gasteiger partial charge >= 0.3 is 0 Å². The van der Waals surface area contributed by atoms with Crippen LogP contribution in [0.1, 0.15) is 175 Å². The molecule has 0 aliphatic carbocycles. The molecular weight excluding hydrogens is 498 g/mol. The van der Waals surface area contributed by atoms with Gasteiger partial charge in [0.25, 0.3) is 0 Å². The molecule has 4 N–H and O–H groups in total. The van der Waals surface area contributed by atoms with E-state index < -0.39 is 24.2 Å². The quantitative estimate of drug-likeness (QED) is 0.0516. The Morgan fingerprint density at radius 1 is 0.675 bits per heavy atom. The van der Waals surface area contributed by atoms with E-state index in [0.717, 1.165) is 38.0 Å². The van der Waals surface area contributed by atoms with Crippen molar-refractivity contribution in [3.63, 3.8) is 0 Å². The minimum absolute atomic E-state index is 0.361. The van der Waals surface area contributed by atoms with Crippen molar-refractivity contribution in [2.45, 2.75) is 193 Å². The number of nitrogens with one attached hydrogen (secondary N) is 1. The molecule has 0 bridgehead atoms. The van der Waals surface area contributed by atoms with Gasteiger partial charge < -0.3 is 20.6 Å². The van der Waals surface area contributed by atoms with Crippen LogP contribution in [0.3, 0.4) is 0 Å². The molecule has 0 aliphatic heterocycles. The van der Waals surface area contributed by atoms with Crippen LogP contribution in [0.5, 0.6) is 0 Å². The fourth-order valence-corrected chi connectivity index (χ4v) is 5.22. The van der Waals surface area contributed by atoms with Crippen LogP contribution in [-0.4, -0.2) is 46.1 Å². The lowest BCUT2D eigenvalue weighted by Crippen LogP contribution is -2.48. The lowest BCUT2D eigenvalue weighted by molar-refractivity contribution is -0.131. The highest BCUT2D eigenvalue weighted by molar-refractivity contribution is 5.80. The highest BCUT2D eigenvalue weighted by Gasteiger charge is 2.22. The van der Waals surface area contributed by atoms with Crippen LogP contribution in [0.25, 0.3) is 0 Å². The van der Waals surface area contributed by atoms with E-state index >= 15 is 0 Å². The molecule has 5 heteroatoms. The second-order valence-electron chi connectivity index (χ2n) is 12.3. The van der Waals surface area contributed by atoms with E-state index in [4.69, 9.17) is 0 Å². The van der Waals surface area contributed by atoms with Crippen LogP contribution in [0.2, 0.25) is 0 Å². The van der Waals surface area contributed by atoms with E-state index in [1.54, 1.807) is 6.08 Å². The van der Waals surface area contributed by atoms with Crippen molar-refractivity contribution in [1.29, 1.82) is 0 Å². The van der Waals surface area contributed by atoms with Crippen molar-refractivity contribution in [3.05, 3.63) is 12.2 Å². The number of allylic oxidation sites excluding steroid dienone is 1. The Hall–Kier alpha value is -0.910. The number of hydrogen-bond donors (Lipinski definition) is 4. The van der Waals surface area contributed by atoms with Crippen LogP contribution in [0.15, 0.2) is 12.2 Å². The van der Waals surface area contributed by atoms with E-state index in [1.165, 1.54) is 116 Å². The number of rotatable bonds is 30. The van der Waals surface area contributed by atoms with Gasteiger partial charge in [-0.1, -0.05) is 168 Å². The fourth-order valence-electron chi connectivity index (χ4n) is 5.22. The first-order chi connectivity index (χ1) is 19.5. The number of carbonyl (C=O) groups is 1. The van der Waals surface area contributed by atoms with Crippen LogP contribution in [0, 0.1) is 5.92 Å². The van der Waals surface area contributed by atoms with Gasteiger partial charge in [-0.2, -0.15) is 0 Å². The molecule has 4 unspecified atom stereocenters. The van der Waals surface area contributed by atoms with Crippen LogP contribution >= 0.6 is 0 Å².